The van der Waals surface area contributed by atoms with Crippen LogP contribution >= 0.6 is 0 Å². The molecule has 0 spiro atoms. The van der Waals surface area contributed by atoms with Crippen LogP contribution in [0.5, 0.6) is 0 Å². The van der Waals surface area contributed by atoms with Gasteiger partial charge in [-0.25, -0.2) is 0 Å². The predicted molar refractivity (Wildman–Crippen MR) is 82.2 cm³/mol. The van der Waals surface area contributed by atoms with Gasteiger partial charge in [-0.2, -0.15) is 0 Å². The standard InChI is InChI=1S/C17H23NO3/c1-5-10-8-7-9-11(6-2)14(10)18-15(19)12-13(16(20)21)17(12,3)4/h7-9,12-13H,5-6H2,1-4H3,(H,18,19)(H,20,21). The summed E-state index contributed by atoms with van der Waals surface area (Å²) in [4.78, 5) is 23.7. The Balaban J connectivity index is 2.24. The van der Waals surface area contributed by atoms with Gasteiger partial charge in [-0.15, -0.1) is 0 Å². The van der Waals surface area contributed by atoms with Crippen molar-refractivity contribution in [2.75, 3.05) is 5.32 Å². The van der Waals surface area contributed by atoms with Crippen molar-refractivity contribution in [2.45, 2.75) is 40.5 Å². The average molecular weight is 289 g/mol. The second-order valence-corrected chi connectivity index (χ2v) is 6.26. The van der Waals surface area contributed by atoms with E-state index in [2.05, 4.69) is 5.32 Å². The van der Waals surface area contributed by atoms with Crippen LogP contribution in [0.1, 0.15) is 38.8 Å². The monoisotopic (exact) mass is 289 g/mol. The topological polar surface area (TPSA) is 66.4 Å². The zero-order valence-electron chi connectivity index (χ0n) is 13.1. The van der Waals surface area contributed by atoms with E-state index in [1.807, 2.05) is 45.9 Å². The molecule has 2 atom stereocenters. The molecule has 1 aliphatic rings. The number of hydrogen-bond donors (Lipinski definition) is 2. The minimum absolute atomic E-state index is 0.178. The molecule has 0 bridgehead atoms. The summed E-state index contributed by atoms with van der Waals surface area (Å²) in [5, 5.41) is 12.2. The van der Waals surface area contributed by atoms with Gasteiger partial charge in [0.1, 0.15) is 0 Å². The summed E-state index contributed by atoms with van der Waals surface area (Å²) in [5.41, 5.74) is 2.57. The van der Waals surface area contributed by atoms with Gasteiger partial charge in [-0.05, 0) is 29.4 Å². The number of hydrogen-bond acceptors (Lipinski definition) is 2. The minimum atomic E-state index is -0.889. The van der Waals surface area contributed by atoms with Crippen LogP contribution in [0.4, 0.5) is 5.69 Å². The highest BCUT2D eigenvalue weighted by molar-refractivity contribution is 6.00. The molecule has 0 saturated heterocycles. The van der Waals surface area contributed by atoms with E-state index in [9.17, 15) is 14.7 Å². The van der Waals surface area contributed by atoms with Gasteiger partial charge in [0.25, 0.3) is 0 Å². The summed E-state index contributed by atoms with van der Waals surface area (Å²) in [5.74, 6) is -2.11. The van der Waals surface area contributed by atoms with Crippen molar-refractivity contribution in [1.29, 1.82) is 0 Å². The van der Waals surface area contributed by atoms with Crippen molar-refractivity contribution in [3.05, 3.63) is 29.3 Å². The van der Waals surface area contributed by atoms with Crippen LogP contribution in [0.15, 0.2) is 18.2 Å². The third-order valence-corrected chi connectivity index (χ3v) is 4.62. The number of amides is 1. The molecule has 0 aliphatic heterocycles. The summed E-state index contributed by atoms with van der Waals surface area (Å²) < 4.78 is 0. The van der Waals surface area contributed by atoms with Crippen molar-refractivity contribution >= 4 is 17.6 Å². The fourth-order valence-corrected chi connectivity index (χ4v) is 3.19. The molecular weight excluding hydrogens is 266 g/mol. The molecule has 4 nitrogen and oxygen atoms in total. The highest BCUT2D eigenvalue weighted by Crippen LogP contribution is 2.58. The summed E-state index contributed by atoms with van der Waals surface area (Å²) in [7, 11) is 0. The lowest BCUT2D eigenvalue weighted by Crippen LogP contribution is -2.19. The van der Waals surface area contributed by atoms with E-state index in [1.54, 1.807) is 0 Å². The van der Waals surface area contributed by atoms with E-state index in [-0.39, 0.29) is 5.91 Å². The second kappa shape index (κ2) is 5.51. The maximum atomic E-state index is 12.5. The number of anilines is 1. The van der Waals surface area contributed by atoms with Gasteiger partial charge in [0.05, 0.1) is 11.8 Å². The first kappa shape index (κ1) is 15.5. The van der Waals surface area contributed by atoms with Crippen LogP contribution in [0.2, 0.25) is 0 Å². The molecule has 114 valence electrons. The number of nitrogens with one attached hydrogen (secondary N) is 1. The molecule has 4 heteroatoms. The Morgan fingerprint density at radius 3 is 2.05 bits per heavy atom. The van der Waals surface area contributed by atoms with Gasteiger partial charge < -0.3 is 10.4 Å². The Morgan fingerprint density at radius 1 is 1.14 bits per heavy atom. The second-order valence-electron chi connectivity index (χ2n) is 6.26. The first-order valence-electron chi connectivity index (χ1n) is 7.49. The van der Waals surface area contributed by atoms with Crippen LogP contribution in [0.3, 0.4) is 0 Å². The number of carbonyl (C=O) groups is 2. The number of carbonyl (C=O) groups excluding carboxylic acids is 1. The SMILES string of the molecule is CCc1cccc(CC)c1NC(=O)C1C(C(=O)O)C1(C)C. The Kier molecular flexibility index (Phi) is 4.08. The Bertz CT molecular complexity index is 555. The number of para-hydroxylation sites is 1. The molecule has 21 heavy (non-hydrogen) atoms. The van der Waals surface area contributed by atoms with Crippen molar-refractivity contribution in [1.82, 2.24) is 0 Å². The van der Waals surface area contributed by atoms with E-state index >= 15 is 0 Å². The molecule has 0 radical (unpaired) electrons. The minimum Gasteiger partial charge on any atom is -0.481 e. The highest BCUT2D eigenvalue weighted by Gasteiger charge is 2.65. The molecule has 2 unspecified atom stereocenters. The molecular formula is C17H23NO3. The van der Waals surface area contributed by atoms with E-state index in [0.717, 1.165) is 29.7 Å². The smallest absolute Gasteiger partial charge is 0.307 e. The number of aryl methyl sites for hydroxylation is 2. The molecule has 1 amide bonds. The Morgan fingerprint density at radius 2 is 1.67 bits per heavy atom. The van der Waals surface area contributed by atoms with Gasteiger partial charge in [-0.1, -0.05) is 45.9 Å². The number of carboxylic acid groups (broad SMARTS) is 1. The fourth-order valence-electron chi connectivity index (χ4n) is 3.19. The summed E-state index contributed by atoms with van der Waals surface area (Å²) in [6.45, 7) is 7.77. The van der Waals surface area contributed by atoms with Gasteiger partial charge in [-0.3, -0.25) is 9.59 Å². The number of benzene rings is 1. The van der Waals surface area contributed by atoms with Gasteiger partial charge in [0.15, 0.2) is 0 Å². The Hall–Kier alpha value is -1.84. The van der Waals surface area contributed by atoms with E-state index in [1.165, 1.54) is 0 Å². The predicted octanol–water partition coefficient (Wildman–Crippen LogP) is 3.11. The normalized spacial score (nSPS) is 22.7. The lowest BCUT2D eigenvalue weighted by atomic mass is 10.0. The Labute approximate surface area is 125 Å². The lowest BCUT2D eigenvalue weighted by Gasteiger charge is -2.14. The molecule has 1 aromatic rings. The molecule has 2 N–H and O–H groups in total. The number of carboxylic acids is 1. The maximum Gasteiger partial charge on any atom is 0.307 e. The molecule has 1 aliphatic carbocycles. The van der Waals surface area contributed by atoms with Crippen LogP contribution in [-0.2, 0) is 22.4 Å². The molecule has 0 aromatic heterocycles. The first-order valence-corrected chi connectivity index (χ1v) is 7.49. The van der Waals surface area contributed by atoms with Crippen molar-refractivity contribution in [3.63, 3.8) is 0 Å². The van der Waals surface area contributed by atoms with Crippen LogP contribution in [0, 0.1) is 17.3 Å². The van der Waals surface area contributed by atoms with Crippen molar-refractivity contribution in [2.24, 2.45) is 17.3 Å². The highest BCUT2D eigenvalue weighted by atomic mass is 16.4. The van der Waals surface area contributed by atoms with Crippen LogP contribution in [-0.4, -0.2) is 17.0 Å². The number of aliphatic carboxylic acids is 1. The third kappa shape index (κ3) is 2.67. The summed E-state index contributed by atoms with van der Waals surface area (Å²) in [6.07, 6.45) is 1.67. The molecule has 1 aromatic carbocycles. The largest absolute Gasteiger partial charge is 0.481 e. The van der Waals surface area contributed by atoms with E-state index < -0.39 is 23.2 Å². The van der Waals surface area contributed by atoms with Gasteiger partial charge >= 0.3 is 5.97 Å². The average Bonchev–Trinajstić information content (AvgIpc) is 3.02. The molecule has 2 rings (SSSR count). The van der Waals surface area contributed by atoms with Crippen molar-refractivity contribution < 1.29 is 14.7 Å². The zero-order chi connectivity index (χ0) is 15.8. The van der Waals surface area contributed by atoms with Crippen LogP contribution < -0.4 is 5.32 Å². The third-order valence-electron chi connectivity index (χ3n) is 4.62. The molecule has 1 saturated carbocycles. The van der Waals surface area contributed by atoms with E-state index in [0.29, 0.717) is 0 Å². The fraction of sp³-hybridized carbons (Fsp3) is 0.529. The zero-order valence-corrected chi connectivity index (χ0v) is 13.1. The summed E-state index contributed by atoms with van der Waals surface area (Å²) >= 11 is 0. The maximum absolute atomic E-state index is 12.5. The van der Waals surface area contributed by atoms with E-state index in [4.69, 9.17) is 0 Å². The van der Waals surface area contributed by atoms with Crippen molar-refractivity contribution in [3.8, 4) is 0 Å². The molecule has 1 fully saturated rings. The quantitative estimate of drug-likeness (QED) is 0.875. The number of rotatable bonds is 5. The lowest BCUT2D eigenvalue weighted by molar-refractivity contribution is -0.140. The van der Waals surface area contributed by atoms with Gasteiger partial charge in [0, 0.05) is 5.69 Å². The first-order chi connectivity index (χ1) is 9.84. The summed E-state index contributed by atoms with van der Waals surface area (Å²) in [6, 6.07) is 6.00. The van der Waals surface area contributed by atoms with Gasteiger partial charge in [0.2, 0.25) is 5.91 Å². The van der Waals surface area contributed by atoms with Crippen LogP contribution in [0.25, 0.3) is 0 Å². The molecule has 0 heterocycles.